The normalized spacial score (nSPS) is 11.0. The van der Waals surface area contributed by atoms with Crippen molar-refractivity contribution in [2.75, 3.05) is 7.05 Å². The van der Waals surface area contributed by atoms with Gasteiger partial charge in [-0.2, -0.15) is 5.26 Å². The SMILES string of the molecule is CN=C(NCc1ccc(-c2ccccc2C#N)cc1)NCc1ccco1. The summed E-state index contributed by atoms with van der Waals surface area (Å²) in [5, 5.41) is 15.7. The van der Waals surface area contributed by atoms with Gasteiger partial charge in [0.1, 0.15) is 5.76 Å². The molecule has 1 aromatic heterocycles. The molecular weight excluding hydrogens is 324 g/mol. The van der Waals surface area contributed by atoms with Crippen LogP contribution in [0.5, 0.6) is 0 Å². The summed E-state index contributed by atoms with van der Waals surface area (Å²) in [4.78, 5) is 4.21. The van der Waals surface area contributed by atoms with Gasteiger partial charge in [-0.05, 0) is 34.9 Å². The van der Waals surface area contributed by atoms with Gasteiger partial charge in [-0.3, -0.25) is 4.99 Å². The van der Waals surface area contributed by atoms with Crippen molar-refractivity contribution in [3.63, 3.8) is 0 Å². The zero-order valence-corrected chi connectivity index (χ0v) is 14.6. The zero-order valence-electron chi connectivity index (χ0n) is 14.6. The Morgan fingerprint density at radius 2 is 1.77 bits per heavy atom. The molecule has 0 spiro atoms. The van der Waals surface area contributed by atoms with E-state index >= 15 is 0 Å². The highest BCUT2D eigenvalue weighted by Gasteiger charge is 2.04. The van der Waals surface area contributed by atoms with Crippen LogP contribution in [0.15, 0.2) is 76.3 Å². The second-order valence-electron chi connectivity index (χ2n) is 5.71. The molecular formula is C21H20N4O. The number of aliphatic imine (C=N–C) groups is 1. The first kappa shape index (κ1) is 17.3. The van der Waals surface area contributed by atoms with Crippen molar-refractivity contribution in [1.29, 1.82) is 5.26 Å². The number of rotatable bonds is 5. The Morgan fingerprint density at radius 3 is 2.46 bits per heavy atom. The Bertz CT molecular complexity index is 906. The third kappa shape index (κ3) is 4.31. The minimum absolute atomic E-state index is 0.580. The van der Waals surface area contributed by atoms with Gasteiger partial charge >= 0.3 is 0 Å². The Kier molecular flexibility index (Phi) is 5.69. The van der Waals surface area contributed by atoms with E-state index < -0.39 is 0 Å². The maximum atomic E-state index is 9.24. The molecule has 0 atom stereocenters. The van der Waals surface area contributed by atoms with Crippen molar-refractivity contribution in [3.05, 3.63) is 83.8 Å². The highest BCUT2D eigenvalue weighted by molar-refractivity contribution is 5.79. The molecule has 130 valence electrons. The highest BCUT2D eigenvalue weighted by atomic mass is 16.3. The lowest BCUT2D eigenvalue weighted by molar-refractivity contribution is 0.501. The summed E-state index contributed by atoms with van der Waals surface area (Å²) in [7, 11) is 1.74. The van der Waals surface area contributed by atoms with Crippen LogP contribution in [0.25, 0.3) is 11.1 Å². The van der Waals surface area contributed by atoms with Gasteiger partial charge in [0.15, 0.2) is 5.96 Å². The van der Waals surface area contributed by atoms with Gasteiger partial charge in [0.2, 0.25) is 0 Å². The summed E-state index contributed by atoms with van der Waals surface area (Å²) in [6.45, 7) is 1.23. The van der Waals surface area contributed by atoms with Crippen LogP contribution in [0.3, 0.4) is 0 Å². The molecule has 0 aliphatic rings. The van der Waals surface area contributed by atoms with Crippen molar-refractivity contribution in [1.82, 2.24) is 10.6 Å². The van der Waals surface area contributed by atoms with Crippen LogP contribution < -0.4 is 10.6 Å². The quantitative estimate of drug-likeness (QED) is 0.547. The molecule has 0 saturated carbocycles. The summed E-state index contributed by atoms with van der Waals surface area (Å²) >= 11 is 0. The van der Waals surface area contributed by atoms with Crippen LogP contribution in [0.2, 0.25) is 0 Å². The van der Waals surface area contributed by atoms with Crippen molar-refractivity contribution >= 4 is 5.96 Å². The summed E-state index contributed by atoms with van der Waals surface area (Å²) in [5.41, 5.74) is 3.79. The number of furan rings is 1. The second kappa shape index (κ2) is 8.54. The molecule has 0 fully saturated rings. The van der Waals surface area contributed by atoms with Crippen LogP contribution in [-0.4, -0.2) is 13.0 Å². The predicted octanol–water partition coefficient (Wildman–Crippen LogP) is 3.68. The maximum absolute atomic E-state index is 9.24. The molecule has 2 aromatic carbocycles. The van der Waals surface area contributed by atoms with E-state index in [0.717, 1.165) is 22.5 Å². The molecule has 0 unspecified atom stereocenters. The summed E-state index contributed by atoms with van der Waals surface area (Å²) < 4.78 is 5.30. The molecule has 5 heteroatoms. The lowest BCUT2D eigenvalue weighted by atomic mass is 9.99. The largest absolute Gasteiger partial charge is 0.467 e. The lowest BCUT2D eigenvalue weighted by Gasteiger charge is -2.11. The molecule has 0 amide bonds. The van der Waals surface area contributed by atoms with E-state index in [0.29, 0.717) is 24.6 Å². The van der Waals surface area contributed by atoms with Crippen molar-refractivity contribution in [3.8, 4) is 17.2 Å². The fourth-order valence-corrected chi connectivity index (χ4v) is 2.62. The average Bonchev–Trinajstić information content (AvgIpc) is 3.22. The van der Waals surface area contributed by atoms with Crippen LogP contribution in [0.4, 0.5) is 0 Å². The first-order valence-corrected chi connectivity index (χ1v) is 8.35. The number of guanidine groups is 1. The second-order valence-corrected chi connectivity index (χ2v) is 5.71. The Labute approximate surface area is 153 Å². The lowest BCUT2D eigenvalue weighted by Crippen LogP contribution is -2.36. The standard InChI is InChI=1S/C21H20N4O/c1-23-21(25-15-19-6-4-12-26-19)24-14-16-8-10-17(11-9-16)20-7-3-2-5-18(20)13-22/h2-12H,14-15H2,1H3,(H2,23,24,25). The number of nitriles is 1. The molecule has 0 aliphatic carbocycles. The monoisotopic (exact) mass is 344 g/mol. The molecule has 2 N–H and O–H groups in total. The molecule has 5 nitrogen and oxygen atoms in total. The van der Waals surface area contributed by atoms with Crippen LogP contribution in [0, 0.1) is 11.3 Å². The predicted molar refractivity (Wildman–Crippen MR) is 102 cm³/mol. The average molecular weight is 344 g/mol. The van der Waals surface area contributed by atoms with E-state index in [1.54, 1.807) is 13.3 Å². The van der Waals surface area contributed by atoms with Gasteiger partial charge in [0, 0.05) is 13.6 Å². The van der Waals surface area contributed by atoms with E-state index in [9.17, 15) is 5.26 Å². The molecule has 3 rings (SSSR count). The summed E-state index contributed by atoms with van der Waals surface area (Å²) in [6.07, 6.45) is 1.65. The van der Waals surface area contributed by atoms with Crippen molar-refractivity contribution < 1.29 is 4.42 Å². The van der Waals surface area contributed by atoms with E-state index in [2.05, 4.69) is 33.8 Å². The number of hydrogen-bond donors (Lipinski definition) is 2. The summed E-state index contributed by atoms with van der Waals surface area (Å²) in [6, 6.07) is 21.8. The number of hydrogen-bond acceptors (Lipinski definition) is 3. The number of nitrogens with one attached hydrogen (secondary N) is 2. The third-order valence-corrected chi connectivity index (χ3v) is 4.01. The van der Waals surface area contributed by atoms with E-state index in [1.807, 2.05) is 48.5 Å². The molecule has 1 heterocycles. The fourth-order valence-electron chi connectivity index (χ4n) is 2.62. The topological polar surface area (TPSA) is 73.3 Å². The Balaban J connectivity index is 1.59. The summed E-state index contributed by atoms with van der Waals surface area (Å²) in [5.74, 6) is 1.56. The Morgan fingerprint density at radius 1 is 1.00 bits per heavy atom. The van der Waals surface area contributed by atoms with Gasteiger partial charge in [-0.25, -0.2) is 0 Å². The molecule has 0 radical (unpaired) electrons. The van der Waals surface area contributed by atoms with Crippen LogP contribution >= 0.6 is 0 Å². The minimum Gasteiger partial charge on any atom is -0.467 e. The molecule has 0 bridgehead atoms. The molecule has 0 saturated heterocycles. The maximum Gasteiger partial charge on any atom is 0.191 e. The number of nitrogens with zero attached hydrogens (tertiary/aromatic N) is 2. The fraction of sp³-hybridized carbons (Fsp3) is 0.143. The van der Waals surface area contributed by atoms with Gasteiger partial charge in [-0.15, -0.1) is 0 Å². The van der Waals surface area contributed by atoms with Gasteiger partial charge in [0.05, 0.1) is 24.4 Å². The van der Waals surface area contributed by atoms with Gasteiger partial charge < -0.3 is 15.1 Å². The Hall–Kier alpha value is -3.52. The smallest absolute Gasteiger partial charge is 0.191 e. The first-order valence-electron chi connectivity index (χ1n) is 8.35. The van der Waals surface area contributed by atoms with E-state index in [1.165, 1.54) is 0 Å². The minimum atomic E-state index is 0.580. The zero-order chi connectivity index (χ0) is 18.2. The number of benzene rings is 2. The van der Waals surface area contributed by atoms with Gasteiger partial charge in [0.25, 0.3) is 0 Å². The van der Waals surface area contributed by atoms with Gasteiger partial charge in [-0.1, -0.05) is 42.5 Å². The molecule has 26 heavy (non-hydrogen) atoms. The first-order chi connectivity index (χ1) is 12.8. The van der Waals surface area contributed by atoms with Crippen LogP contribution in [0.1, 0.15) is 16.9 Å². The van der Waals surface area contributed by atoms with Crippen molar-refractivity contribution in [2.24, 2.45) is 4.99 Å². The molecule has 0 aliphatic heterocycles. The van der Waals surface area contributed by atoms with Crippen LogP contribution in [-0.2, 0) is 13.1 Å². The van der Waals surface area contributed by atoms with E-state index in [4.69, 9.17) is 4.42 Å². The molecule has 3 aromatic rings. The van der Waals surface area contributed by atoms with E-state index in [-0.39, 0.29) is 0 Å². The third-order valence-electron chi connectivity index (χ3n) is 4.01. The van der Waals surface area contributed by atoms with Crippen molar-refractivity contribution in [2.45, 2.75) is 13.1 Å². The highest BCUT2D eigenvalue weighted by Crippen LogP contribution is 2.23.